The molecule has 1 aliphatic carbocycles. The van der Waals surface area contributed by atoms with E-state index in [1.807, 2.05) is 22.7 Å². The number of rotatable bonds is 2. The van der Waals surface area contributed by atoms with Crippen molar-refractivity contribution in [3.05, 3.63) is 39.2 Å². The summed E-state index contributed by atoms with van der Waals surface area (Å²) in [6, 6.07) is 4.92. The molecule has 0 bridgehead atoms. The Labute approximate surface area is 137 Å². The van der Waals surface area contributed by atoms with Crippen molar-refractivity contribution in [1.29, 1.82) is 0 Å². The SMILES string of the molecule is c1csc([C@H]2CCCN2c2ncnc3sc4c(c23)CCC4)c1. The lowest BCUT2D eigenvalue weighted by Crippen LogP contribution is -2.23. The van der Waals surface area contributed by atoms with Gasteiger partial charge < -0.3 is 4.90 Å². The Kier molecular flexibility index (Phi) is 2.98. The second-order valence-electron chi connectivity index (χ2n) is 6.10. The Morgan fingerprint density at radius 3 is 3.09 bits per heavy atom. The predicted molar refractivity (Wildman–Crippen MR) is 93.1 cm³/mol. The molecule has 3 aromatic heterocycles. The molecule has 4 heterocycles. The Morgan fingerprint density at radius 1 is 1.18 bits per heavy atom. The van der Waals surface area contributed by atoms with E-state index in [2.05, 4.69) is 27.4 Å². The first-order valence-electron chi connectivity index (χ1n) is 7.97. The van der Waals surface area contributed by atoms with Crippen LogP contribution in [0.1, 0.15) is 40.6 Å². The minimum atomic E-state index is 0.495. The van der Waals surface area contributed by atoms with Gasteiger partial charge in [-0.25, -0.2) is 9.97 Å². The van der Waals surface area contributed by atoms with Crippen LogP contribution in [0, 0.1) is 0 Å². The van der Waals surface area contributed by atoms with Crippen molar-refractivity contribution in [3.8, 4) is 0 Å². The molecule has 1 atom stereocenters. The molecule has 0 spiro atoms. The molecule has 0 N–H and O–H groups in total. The summed E-state index contributed by atoms with van der Waals surface area (Å²) < 4.78 is 0. The Balaban J connectivity index is 1.67. The standard InChI is InChI=1S/C17H17N3S2/c1-4-11-13(6-1)22-17-15(11)16(18-10-19-17)20-8-2-5-12(20)14-7-3-9-21-14/h3,7,9-10,12H,1-2,4-6,8H2/t12-/m1/s1. The molecular weight excluding hydrogens is 310 g/mol. The van der Waals surface area contributed by atoms with E-state index in [9.17, 15) is 0 Å². The number of hydrogen-bond acceptors (Lipinski definition) is 5. The molecule has 1 aliphatic heterocycles. The first-order chi connectivity index (χ1) is 10.9. The van der Waals surface area contributed by atoms with Crippen LogP contribution < -0.4 is 4.90 Å². The minimum absolute atomic E-state index is 0.495. The van der Waals surface area contributed by atoms with Crippen LogP contribution in [0.4, 0.5) is 5.82 Å². The van der Waals surface area contributed by atoms with Crippen molar-refractivity contribution in [1.82, 2.24) is 9.97 Å². The molecule has 22 heavy (non-hydrogen) atoms. The van der Waals surface area contributed by atoms with E-state index < -0.39 is 0 Å². The zero-order valence-electron chi connectivity index (χ0n) is 12.3. The van der Waals surface area contributed by atoms with E-state index in [0.717, 1.165) is 6.54 Å². The summed E-state index contributed by atoms with van der Waals surface area (Å²) in [4.78, 5) is 16.0. The molecule has 0 saturated carbocycles. The van der Waals surface area contributed by atoms with Gasteiger partial charge in [0, 0.05) is 16.3 Å². The maximum absolute atomic E-state index is 4.72. The zero-order valence-corrected chi connectivity index (χ0v) is 13.9. The van der Waals surface area contributed by atoms with Crippen LogP contribution in [-0.4, -0.2) is 16.5 Å². The number of fused-ring (bicyclic) bond motifs is 3. The third kappa shape index (κ3) is 1.85. The van der Waals surface area contributed by atoms with Gasteiger partial charge in [0.1, 0.15) is 17.0 Å². The van der Waals surface area contributed by atoms with Gasteiger partial charge in [-0.1, -0.05) is 6.07 Å². The van der Waals surface area contributed by atoms with Crippen molar-refractivity contribution in [2.24, 2.45) is 0 Å². The monoisotopic (exact) mass is 327 g/mol. The molecule has 1 saturated heterocycles. The maximum atomic E-state index is 4.72. The van der Waals surface area contributed by atoms with Gasteiger partial charge >= 0.3 is 0 Å². The molecule has 3 aromatic rings. The maximum Gasteiger partial charge on any atom is 0.141 e. The Hall–Kier alpha value is -1.46. The molecule has 0 aromatic carbocycles. The molecule has 0 amide bonds. The number of thiophene rings is 2. The molecule has 112 valence electrons. The number of nitrogens with zero attached hydrogens (tertiary/aromatic N) is 3. The average molecular weight is 327 g/mol. The van der Waals surface area contributed by atoms with E-state index in [0.29, 0.717) is 6.04 Å². The first kappa shape index (κ1) is 13.0. The van der Waals surface area contributed by atoms with Crippen LogP contribution in [0.3, 0.4) is 0 Å². The summed E-state index contributed by atoms with van der Waals surface area (Å²) in [5.41, 5.74) is 1.53. The lowest BCUT2D eigenvalue weighted by molar-refractivity contribution is 0.727. The summed E-state index contributed by atoms with van der Waals surface area (Å²) in [5, 5.41) is 3.53. The quantitative estimate of drug-likeness (QED) is 0.690. The van der Waals surface area contributed by atoms with Gasteiger partial charge in [-0.3, -0.25) is 0 Å². The highest BCUT2D eigenvalue weighted by atomic mass is 32.1. The van der Waals surface area contributed by atoms with Crippen LogP contribution in [0.15, 0.2) is 23.8 Å². The van der Waals surface area contributed by atoms with Crippen LogP contribution in [0.2, 0.25) is 0 Å². The largest absolute Gasteiger partial charge is 0.348 e. The van der Waals surface area contributed by atoms with Gasteiger partial charge in [0.25, 0.3) is 0 Å². The molecule has 2 aliphatic rings. The van der Waals surface area contributed by atoms with Gasteiger partial charge in [-0.05, 0) is 49.1 Å². The van der Waals surface area contributed by atoms with Gasteiger partial charge in [0.2, 0.25) is 0 Å². The van der Waals surface area contributed by atoms with E-state index in [4.69, 9.17) is 4.98 Å². The van der Waals surface area contributed by atoms with E-state index in [1.165, 1.54) is 58.6 Å². The summed E-state index contributed by atoms with van der Waals surface area (Å²) in [6.07, 6.45) is 7.96. The summed E-state index contributed by atoms with van der Waals surface area (Å²) in [5.74, 6) is 1.18. The number of hydrogen-bond donors (Lipinski definition) is 0. The molecule has 5 rings (SSSR count). The summed E-state index contributed by atoms with van der Waals surface area (Å²) in [6.45, 7) is 1.11. The summed E-state index contributed by atoms with van der Waals surface area (Å²) in [7, 11) is 0. The zero-order chi connectivity index (χ0) is 14.5. The van der Waals surface area contributed by atoms with Crippen molar-refractivity contribution >= 4 is 38.7 Å². The third-order valence-electron chi connectivity index (χ3n) is 4.88. The fourth-order valence-corrected chi connectivity index (χ4v) is 6.02. The van der Waals surface area contributed by atoms with Gasteiger partial charge in [0.15, 0.2) is 0 Å². The van der Waals surface area contributed by atoms with Crippen LogP contribution in [-0.2, 0) is 12.8 Å². The number of aryl methyl sites for hydroxylation is 2. The first-order valence-corrected chi connectivity index (χ1v) is 9.67. The molecular formula is C17H17N3S2. The highest BCUT2D eigenvalue weighted by Gasteiger charge is 2.31. The number of aromatic nitrogens is 2. The summed E-state index contributed by atoms with van der Waals surface area (Å²) >= 11 is 3.75. The predicted octanol–water partition coefficient (Wildman–Crippen LogP) is 4.58. The van der Waals surface area contributed by atoms with E-state index in [-0.39, 0.29) is 0 Å². The third-order valence-corrected chi connectivity index (χ3v) is 7.05. The fraction of sp³-hybridized carbons (Fsp3) is 0.412. The van der Waals surface area contributed by atoms with Gasteiger partial charge in [-0.2, -0.15) is 0 Å². The number of anilines is 1. The topological polar surface area (TPSA) is 29.0 Å². The fourth-order valence-electron chi connectivity index (χ4n) is 3.93. The molecule has 1 fully saturated rings. The molecule has 3 nitrogen and oxygen atoms in total. The van der Waals surface area contributed by atoms with Crippen LogP contribution >= 0.6 is 22.7 Å². The second kappa shape index (κ2) is 5.03. The highest BCUT2D eigenvalue weighted by Crippen LogP contribution is 2.44. The van der Waals surface area contributed by atoms with Crippen molar-refractivity contribution in [2.45, 2.75) is 38.1 Å². The second-order valence-corrected chi connectivity index (χ2v) is 8.16. The van der Waals surface area contributed by atoms with Crippen LogP contribution in [0.25, 0.3) is 10.2 Å². The van der Waals surface area contributed by atoms with E-state index in [1.54, 1.807) is 11.2 Å². The van der Waals surface area contributed by atoms with Crippen molar-refractivity contribution in [3.63, 3.8) is 0 Å². The van der Waals surface area contributed by atoms with Crippen molar-refractivity contribution in [2.75, 3.05) is 11.4 Å². The molecule has 5 heteroatoms. The lowest BCUT2D eigenvalue weighted by atomic mass is 10.1. The lowest BCUT2D eigenvalue weighted by Gasteiger charge is -2.25. The van der Waals surface area contributed by atoms with Gasteiger partial charge in [0.05, 0.1) is 11.4 Å². The molecule has 0 unspecified atom stereocenters. The average Bonchev–Trinajstić information content (AvgIpc) is 3.28. The minimum Gasteiger partial charge on any atom is -0.348 e. The Bertz CT molecular complexity index is 822. The van der Waals surface area contributed by atoms with Crippen molar-refractivity contribution < 1.29 is 0 Å². The van der Waals surface area contributed by atoms with Crippen LogP contribution in [0.5, 0.6) is 0 Å². The highest BCUT2D eigenvalue weighted by molar-refractivity contribution is 7.19. The molecule has 0 radical (unpaired) electrons. The normalized spacial score (nSPS) is 20.9. The van der Waals surface area contributed by atoms with E-state index >= 15 is 0 Å². The Morgan fingerprint density at radius 2 is 2.18 bits per heavy atom. The smallest absolute Gasteiger partial charge is 0.141 e. The van der Waals surface area contributed by atoms with Gasteiger partial charge in [-0.15, -0.1) is 22.7 Å².